The molecule has 3 nitrogen and oxygen atoms in total. The van der Waals surface area contributed by atoms with E-state index >= 15 is 0 Å². The molecule has 0 saturated heterocycles. The van der Waals surface area contributed by atoms with Crippen LogP contribution < -0.4 is 4.74 Å². The second kappa shape index (κ2) is 5.63. The van der Waals surface area contributed by atoms with Crippen LogP contribution in [0, 0.1) is 6.92 Å². The monoisotopic (exact) mass is 340 g/mol. The van der Waals surface area contributed by atoms with E-state index in [0.29, 0.717) is 16.5 Å². The van der Waals surface area contributed by atoms with Gasteiger partial charge in [-0.15, -0.1) is 0 Å². The summed E-state index contributed by atoms with van der Waals surface area (Å²) in [4.78, 5) is 10.8. The summed E-state index contributed by atoms with van der Waals surface area (Å²) in [6.45, 7) is 1.79. The van der Waals surface area contributed by atoms with Crippen molar-refractivity contribution in [1.82, 2.24) is 0 Å². The predicted octanol–water partition coefficient (Wildman–Crippen LogP) is 4.90. The van der Waals surface area contributed by atoms with Crippen LogP contribution in [-0.2, 0) is 0 Å². The van der Waals surface area contributed by atoms with Gasteiger partial charge in [0.2, 0.25) is 0 Å². The number of hydrogen-bond donors (Lipinski definition) is 1. The van der Waals surface area contributed by atoms with E-state index in [9.17, 15) is 4.79 Å². The fourth-order valence-corrected chi connectivity index (χ4v) is 2.29. The van der Waals surface area contributed by atoms with Crippen molar-refractivity contribution in [3.63, 3.8) is 0 Å². The first-order valence-corrected chi connectivity index (χ1v) is 6.61. The molecule has 0 bridgehead atoms. The van der Waals surface area contributed by atoms with Gasteiger partial charge in [-0.25, -0.2) is 4.79 Å². The average molecular weight is 342 g/mol. The normalized spacial score (nSPS) is 10.3. The quantitative estimate of drug-likeness (QED) is 0.863. The molecule has 0 heterocycles. The molecule has 0 aliphatic rings. The van der Waals surface area contributed by atoms with Crippen molar-refractivity contribution in [2.75, 3.05) is 0 Å². The molecule has 5 heteroatoms. The van der Waals surface area contributed by atoms with Crippen molar-refractivity contribution >= 4 is 33.5 Å². The van der Waals surface area contributed by atoms with Crippen LogP contribution in [-0.4, -0.2) is 11.1 Å². The summed E-state index contributed by atoms with van der Waals surface area (Å²) in [6.07, 6.45) is 0. The number of halogens is 2. The Bertz CT molecular complexity index is 641. The van der Waals surface area contributed by atoms with Crippen LogP contribution in [0.3, 0.4) is 0 Å². The van der Waals surface area contributed by atoms with Crippen molar-refractivity contribution in [3.8, 4) is 11.5 Å². The van der Waals surface area contributed by atoms with E-state index < -0.39 is 5.97 Å². The average Bonchev–Trinajstić information content (AvgIpc) is 2.34. The van der Waals surface area contributed by atoms with Crippen LogP contribution in [0.1, 0.15) is 15.9 Å². The Balaban J connectivity index is 2.31. The second-order valence-electron chi connectivity index (χ2n) is 3.96. The zero-order chi connectivity index (χ0) is 14.0. The molecule has 0 radical (unpaired) electrons. The van der Waals surface area contributed by atoms with Crippen molar-refractivity contribution in [3.05, 3.63) is 57.0 Å². The number of carboxylic acids is 1. The number of carbonyl (C=O) groups is 1. The summed E-state index contributed by atoms with van der Waals surface area (Å²) in [5, 5.41) is 9.38. The Labute approximate surface area is 123 Å². The van der Waals surface area contributed by atoms with E-state index in [1.54, 1.807) is 31.2 Å². The molecule has 0 amide bonds. The maximum Gasteiger partial charge on any atom is 0.335 e. The molecule has 0 atom stereocenters. The highest BCUT2D eigenvalue weighted by Crippen LogP contribution is 2.33. The van der Waals surface area contributed by atoms with E-state index in [1.807, 2.05) is 6.07 Å². The zero-order valence-electron chi connectivity index (χ0n) is 9.98. The smallest absolute Gasteiger partial charge is 0.335 e. The van der Waals surface area contributed by atoms with Gasteiger partial charge in [0.1, 0.15) is 11.5 Å². The first-order valence-electron chi connectivity index (χ1n) is 5.44. The highest BCUT2D eigenvalue weighted by atomic mass is 79.9. The molecule has 19 heavy (non-hydrogen) atoms. The summed E-state index contributed by atoms with van der Waals surface area (Å²) in [5.41, 5.74) is 0.964. The summed E-state index contributed by atoms with van der Waals surface area (Å²) < 4.78 is 6.55. The van der Waals surface area contributed by atoms with Crippen molar-refractivity contribution < 1.29 is 14.6 Å². The van der Waals surface area contributed by atoms with Gasteiger partial charge in [0.15, 0.2) is 0 Å². The molecule has 0 spiro atoms. The van der Waals surface area contributed by atoms with E-state index in [4.69, 9.17) is 21.4 Å². The van der Waals surface area contributed by atoms with Crippen LogP contribution in [0.4, 0.5) is 0 Å². The van der Waals surface area contributed by atoms with Gasteiger partial charge in [-0.1, -0.05) is 27.5 Å². The Morgan fingerprint density at radius 3 is 2.47 bits per heavy atom. The van der Waals surface area contributed by atoms with Gasteiger partial charge < -0.3 is 9.84 Å². The van der Waals surface area contributed by atoms with Gasteiger partial charge >= 0.3 is 5.97 Å². The lowest BCUT2D eigenvalue weighted by molar-refractivity contribution is 0.0697. The van der Waals surface area contributed by atoms with Crippen molar-refractivity contribution in [2.24, 2.45) is 0 Å². The minimum atomic E-state index is -0.962. The van der Waals surface area contributed by atoms with Gasteiger partial charge in [-0.05, 0) is 48.9 Å². The molecule has 0 aliphatic heterocycles. The first kappa shape index (κ1) is 13.9. The van der Waals surface area contributed by atoms with Gasteiger partial charge in [-0.2, -0.15) is 0 Å². The largest absolute Gasteiger partial charge is 0.478 e. The molecule has 98 valence electrons. The fourth-order valence-electron chi connectivity index (χ4n) is 1.57. The van der Waals surface area contributed by atoms with E-state index in [2.05, 4.69) is 15.9 Å². The third-order valence-electron chi connectivity index (χ3n) is 2.54. The van der Waals surface area contributed by atoms with Crippen molar-refractivity contribution in [1.29, 1.82) is 0 Å². The lowest BCUT2D eigenvalue weighted by atomic mass is 10.1. The molecule has 2 aromatic carbocycles. The van der Waals surface area contributed by atoms with Crippen LogP contribution in [0.5, 0.6) is 11.5 Å². The molecule has 0 unspecified atom stereocenters. The number of aryl methyl sites for hydroxylation is 1. The first-order chi connectivity index (χ1) is 8.97. The molecule has 1 N–H and O–H groups in total. The molecular weight excluding hydrogens is 332 g/mol. The Kier molecular flexibility index (Phi) is 4.12. The third kappa shape index (κ3) is 3.28. The minimum Gasteiger partial charge on any atom is -0.478 e. The Morgan fingerprint density at radius 1 is 1.21 bits per heavy atom. The molecule has 0 saturated carbocycles. The molecule has 0 aliphatic carbocycles. The SMILES string of the molecule is Cc1cc(C(=O)O)ccc1Oc1ccc(Br)cc1Cl. The maximum absolute atomic E-state index is 10.8. The van der Waals surface area contributed by atoms with Gasteiger partial charge in [0.25, 0.3) is 0 Å². The van der Waals surface area contributed by atoms with Crippen LogP contribution in [0.2, 0.25) is 5.02 Å². The number of rotatable bonds is 3. The number of ether oxygens (including phenoxy) is 1. The summed E-state index contributed by atoms with van der Waals surface area (Å²) in [6, 6.07) is 9.98. The summed E-state index contributed by atoms with van der Waals surface area (Å²) >= 11 is 9.38. The van der Waals surface area contributed by atoms with E-state index in [-0.39, 0.29) is 5.56 Å². The summed E-state index contributed by atoms with van der Waals surface area (Å²) in [5.74, 6) is 0.140. The maximum atomic E-state index is 10.8. The Hall–Kier alpha value is -1.52. The third-order valence-corrected chi connectivity index (χ3v) is 3.32. The standard InChI is InChI=1S/C14H10BrClO3/c1-8-6-9(14(17)18)2-4-12(8)19-13-5-3-10(15)7-11(13)16/h2-7H,1H3,(H,17,18). The topological polar surface area (TPSA) is 46.5 Å². The molecule has 0 aromatic heterocycles. The van der Waals surface area contributed by atoms with Crippen LogP contribution in [0.25, 0.3) is 0 Å². The fraction of sp³-hybridized carbons (Fsp3) is 0.0714. The summed E-state index contributed by atoms with van der Waals surface area (Å²) in [7, 11) is 0. The van der Waals surface area contributed by atoms with E-state index in [1.165, 1.54) is 6.07 Å². The molecule has 2 aromatic rings. The predicted molar refractivity (Wildman–Crippen MR) is 77.4 cm³/mol. The van der Waals surface area contributed by atoms with Gasteiger partial charge in [-0.3, -0.25) is 0 Å². The zero-order valence-corrected chi connectivity index (χ0v) is 12.3. The lowest BCUT2D eigenvalue weighted by Gasteiger charge is -2.10. The minimum absolute atomic E-state index is 0.228. The molecular formula is C14H10BrClO3. The number of benzene rings is 2. The highest BCUT2D eigenvalue weighted by Gasteiger charge is 2.09. The van der Waals surface area contributed by atoms with Crippen molar-refractivity contribution in [2.45, 2.75) is 6.92 Å². The van der Waals surface area contributed by atoms with Gasteiger partial charge in [0.05, 0.1) is 10.6 Å². The van der Waals surface area contributed by atoms with Crippen LogP contribution >= 0.6 is 27.5 Å². The number of hydrogen-bond acceptors (Lipinski definition) is 2. The Morgan fingerprint density at radius 2 is 1.89 bits per heavy atom. The number of carboxylic acid groups (broad SMARTS) is 1. The lowest BCUT2D eigenvalue weighted by Crippen LogP contribution is -1.97. The number of aromatic carboxylic acids is 1. The van der Waals surface area contributed by atoms with Gasteiger partial charge in [0, 0.05) is 4.47 Å². The highest BCUT2D eigenvalue weighted by molar-refractivity contribution is 9.10. The second-order valence-corrected chi connectivity index (χ2v) is 5.29. The van der Waals surface area contributed by atoms with E-state index in [0.717, 1.165) is 10.0 Å². The van der Waals surface area contributed by atoms with Crippen LogP contribution in [0.15, 0.2) is 40.9 Å². The molecule has 2 rings (SSSR count). The molecule has 0 fully saturated rings.